The Balaban J connectivity index is 1.87. The van der Waals surface area contributed by atoms with Crippen LogP contribution in [0.4, 0.5) is 8.78 Å². The molecule has 0 bridgehead atoms. The molecule has 0 N–H and O–H groups in total. The number of benzene rings is 3. The minimum atomic E-state index is -0.755. The Morgan fingerprint density at radius 2 is 1.93 bits per heavy atom. The molecule has 4 aromatic rings. The SMILES string of the molecule is COc1c(F)cc(F)cc1-c1cccc(-n2cnc3cc(C#N)ccc32)c1. The van der Waals surface area contributed by atoms with Crippen LogP contribution < -0.4 is 4.74 Å². The number of aromatic nitrogens is 2. The van der Waals surface area contributed by atoms with Crippen molar-refractivity contribution in [3.05, 3.63) is 78.1 Å². The summed E-state index contributed by atoms with van der Waals surface area (Å²) in [6.07, 6.45) is 1.65. The van der Waals surface area contributed by atoms with Crippen LogP contribution in [-0.4, -0.2) is 16.7 Å². The van der Waals surface area contributed by atoms with Crippen LogP contribution in [0.5, 0.6) is 5.75 Å². The van der Waals surface area contributed by atoms with Crippen molar-refractivity contribution in [3.8, 4) is 28.6 Å². The van der Waals surface area contributed by atoms with Crippen molar-refractivity contribution < 1.29 is 13.5 Å². The molecule has 6 heteroatoms. The first-order valence-corrected chi connectivity index (χ1v) is 8.12. The van der Waals surface area contributed by atoms with Crippen molar-refractivity contribution in [2.45, 2.75) is 0 Å². The topological polar surface area (TPSA) is 50.8 Å². The Bertz CT molecular complexity index is 1210. The maximum atomic E-state index is 14.0. The molecule has 0 aliphatic heterocycles. The van der Waals surface area contributed by atoms with Crippen molar-refractivity contribution >= 4 is 11.0 Å². The predicted octanol–water partition coefficient (Wildman–Crippen LogP) is 4.85. The van der Waals surface area contributed by atoms with E-state index in [1.54, 1.807) is 36.7 Å². The van der Waals surface area contributed by atoms with Crippen LogP contribution in [0.1, 0.15) is 5.56 Å². The molecule has 0 saturated heterocycles. The number of rotatable bonds is 3. The Kier molecular flexibility index (Phi) is 4.05. The Hall–Kier alpha value is -3.72. The van der Waals surface area contributed by atoms with Crippen LogP contribution in [0.2, 0.25) is 0 Å². The maximum Gasteiger partial charge on any atom is 0.168 e. The second kappa shape index (κ2) is 6.54. The van der Waals surface area contributed by atoms with Gasteiger partial charge in [-0.15, -0.1) is 0 Å². The van der Waals surface area contributed by atoms with E-state index in [1.807, 2.05) is 16.7 Å². The van der Waals surface area contributed by atoms with E-state index < -0.39 is 11.6 Å². The monoisotopic (exact) mass is 361 g/mol. The van der Waals surface area contributed by atoms with Gasteiger partial charge < -0.3 is 4.74 Å². The van der Waals surface area contributed by atoms with E-state index >= 15 is 0 Å². The van der Waals surface area contributed by atoms with Crippen LogP contribution in [-0.2, 0) is 0 Å². The molecular weight excluding hydrogens is 348 g/mol. The maximum absolute atomic E-state index is 14.0. The van der Waals surface area contributed by atoms with Gasteiger partial charge in [0.2, 0.25) is 0 Å². The molecule has 27 heavy (non-hydrogen) atoms. The molecule has 4 nitrogen and oxygen atoms in total. The molecule has 0 radical (unpaired) electrons. The van der Waals surface area contributed by atoms with Gasteiger partial charge in [-0.3, -0.25) is 4.57 Å². The fourth-order valence-electron chi connectivity index (χ4n) is 3.09. The van der Waals surface area contributed by atoms with Crippen molar-refractivity contribution in [1.29, 1.82) is 5.26 Å². The summed E-state index contributed by atoms with van der Waals surface area (Å²) >= 11 is 0. The number of hydrogen-bond donors (Lipinski definition) is 0. The van der Waals surface area contributed by atoms with Gasteiger partial charge in [-0.1, -0.05) is 12.1 Å². The molecule has 0 unspecified atom stereocenters. The van der Waals surface area contributed by atoms with Gasteiger partial charge in [-0.2, -0.15) is 5.26 Å². The Morgan fingerprint density at radius 3 is 2.70 bits per heavy atom. The first-order chi connectivity index (χ1) is 13.1. The van der Waals surface area contributed by atoms with E-state index in [2.05, 4.69) is 11.1 Å². The van der Waals surface area contributed by atoms with Gasteiger partial charge in [0.15, 0.2) is 11.6 Å². The normalized spacial score (nSPS) is 10.7. The first-order valence-electron chi connectivity index (χ1n) is 8.12. The quantitative estimate of drug-likeness (QED) is 0.524. The number of nitriles is 1. The fourth-order valence-corrected chi connectivity index (χ4v) is 3.09. The van der Waals surface area contributed by atoms with Gasteiger partial charge in [0.25, 0.3) is 0 Å². The lowest BCUT2D eigenvalue weighted by Crippen LogP contribution is -1.96. The van der Waals surface area contributed by atoms with E-state index in [4.69, 9.17) is 10.00 Å². The van der Waals surface area contributed by atoms with Crippen LogP contribution in [0.25, 0.3) is 27.8 Å². The summed E-state index contributed by atoms with van der Waals surface area (Å²) in [6.45, 7) is 0. The molecule has 4 rings (SSSR count). The number of hydrogen-bond acceptors (Lipinski definition) is 3. The third-order valence-electron chi connectivity index (χ3n) is 4.32. The molecule has 1 heterocycles. The summed E-state index contributed by atoms with van der Waals surface area (Å²) in [5.74, 6) is -1.44. The Morgan fingerprint density at radius 1 is 1.07 bits per heavy atom. The summed E-state index contributed by atoms with van der Waals surface area (Å²) < 4.78 is 34.8. The molecule has 0 fully saturated rings. The van der Waals surface area contributed by atoms with Crippen LogP contribution >= 0.6 is 0 Å². The molecule has 132 valence electrons. The van der Waals surface area contributed by atoms with E-state index in [-0.39, 0.29) is 5.75 Å². The smallest absolute Gasteiger partial charge is 0.168 e. The molecule has 3 aromatic carbocycles. The van der Waals surface area contributed by atoms with Gasteiger partial charge in [0.1, 0.15) is 12.1 Å². The number of nitrogens with zero attached hydrogens (tertiary/aromatic N) is 3. The summed E-state index contributed by atoms with van der Waals surface area (Å²) in [4.78, 5) is 4.34. The number of imidazole rings is 1. The zero-order chi connectivity index (χ0) is 19.0. The lowest BCUT2D eigenvalue weighted by molar-refractivity contribution is 0.386. The van der Waals surface area contributed by atoms with Gasteiger partial charge in [-0.25, -0.2) is 13.8 Å². The van der Waals surface area contributed by atoms with Crippen LogP contribution in [0, 0.1) is 23.0 Å². The highest BCUT2D eigenvalue weighted by molar-refractivity contribution is 5.80. The highest BCUT2D eigenvalue weighted by atomic mass is 19.1. The standard InChI is InChI=1S/C21H13F2N3O/c1-27-21-17(9-15(22)10-18(21)23)14-3-2-4-16(8-14)26-12-25-19-7-13(11-24)5-6-20(19)26/h2-10,12H,1H3. The minimum Gasteiger partial charge on any atom is -0.493 e. The number of halogens is 2. The van der Waals surface area contributed by atoms with Gasteiger partial charge >= 0.3 is 0 Å². The van der Waals surface area contributed by atoms with E-state index in [1.165, 1.54) is 13.2 Å². The molecule has 0 aliphatic rings. The van der Waals surface area contributed by atoms with Crippen LogP contribution in [0.3, 0.4) is 0 Å². The van der Waals surface area contributed by atoms with Crippen molar-refractivity contribution in [1.82, 2.24) is 9.55 Å². The highest BCUT2D eigenvalue weighted by Crippen LogP contribution is 2.34. The predicted molar refractivity (Wildman–Crippen MR) is 97.7 cm³/mol. The highest BCUT2D eigenvalue weighted by Gasteiger charge is 2.15. The largest absolute Gasteiger partial charge is 0.493 e. The summed E-state index contributed by atoms with van der Waals surface area (Å²) in [5.41, 5.74) is 3.75. The lowest BCUT2D eigenvalue weighted by atomic mass is 10.0. The molecule has 0 saturated carbocycles. The molecule has 0 aliphatic carbocycles. The minimum absolute atomic E-state index is 0.0114. The van der Waals surface area contributed by atoms with Gasteiger partial charge in [-0.05, 0) is 42.0 Å². The first kappa shape index (κ1) is 16.7. The third-order valence-corrected chi connectivity index (χ3v) is 4.32. The molecule has 0 atom stereocenters. The number of ether oxygens (including phenoxy) is 1. The zero-order valence-electron chi connectivity index (χ0n) is 14.3. The number of methoxy groups -OCH3 is 1. The van der Waals surface area contributed by atoms with Crippen molar-refractivity contribution in [3.63, 3.8) is 0 Å². The molecule has 0 amide bonds. The summed E-state index contributed by atoms with van der Waals surface area (Å²) in [7, 11) is 1.35. The second-order valence-electron chi connectivity index (χ2n) is 5.95. The van der Waals surface area contributed by atoms with E-state index in [9.17, 15) is 8.78 Å². The Labute approximate surface area is 153 Å². The van der Waals surface area contributed by atoms with E-state index in [0.29, 0.717) is 22.2 Å². The lowest BCUT2D eigenvalue weighted by Gasteiger charge is -2.12. The second-order valence-corrected chi connectivity index (χ2v) is 5.95. The molecule has 1 aromatic heterocycles. The number of fused-ring (bicyclic) bond motifs is 1. The van der Waals surface area contributed by atoms with Crippen molar-refractivity contribution in [2.24, 2.45) is 0 Å². The van der Waals surface area contributed by atoms with Crippen molar-refractivity contribution in [2.75, 3.05) is 7.11 Å². The average Bonchev–Trinajstić information content (AvgIpc) is 3.10. The molecule has 0 spiro atoms. The summed E-state index contributed by atoms with van der Waals surface area (Å²) in [6, 6.07) is 16.6. The zero-order valence-corrected chi connectivity index (χ0v) is 14.3. The van der Waals surface area contributed by atoms with Gasteiger partial charge in [0, 0.05) is 17.3 Å². The van der Waals surface area contributed by atoms with E-state index in [0.717, 1.165) is 17.3 Å². The van der Waals surface area contributed by atoms with Crippen LogP contribution in [0.15, 0.2) is 60.9 Å². The average molecular weight is 361 g/mol. The molecular formula is C21H13F2N3O. The third kappa shape index (κ3) is 2.89. The summed E-state index contributed by atoms with van der Waals surface area (Å²) in [5, 5.41) is 9.02. The van der Waals surface area contributed by atoms with Gasteiger partial charge in [0.05, 0.1) is 29.8 Å². The fraction of sp³-hybridized carbons (Fsp3) is 0.0476.